The van der Waals surface area contributed by atoms with Gasteiger partial charge in [0.1, 0.15) is 17.5 Å². The minimum absolute atomic E-state index is 0.0389. The molecule has 8 nitrogen and oxygen atoms in total. The Morgan fingerprint density at radius 1 is 0.917 bits per heavy atom. The predicted molar refractivity (Wildman–Crippen MR) is 141 cm³/mol. The topological polar surface area (TPSA) is 107 Å². The molecule has 0 aliphatic rings. The molecule has 2 rings (SSSR count). The van der Waals surface area contributed by atoms with E-state index in [1.165, 1.54) is 11.8 Å². The molecule has 1 heterocycles. The molecule has 2 N–H and O–H groups in total. The number of amides is 2. The quantitative estimate of drug-likeness (QED) is 0.342. The maximum atomic E-state index is 13.2. The lowest BCUT2D eigenvalue weighted by molar-refractivity contribution is -0.132. The molecule has 1 aromatic heterocycles. The van der Waals surface area contributed by atoms with Gasteiger partial charge in [0.05, 0.1) is 31.4 Å². The first-order valence-corrected chi connectivity index (χ1v) is 13.3. The molecule has 36 heavy (non-hydrogen) atoms. The van der Waals surface area contributed by atoms with Crippen molar-refractivity contribution < 1.29 is 28.3 Å². The summed E-state index contributed by atoms with van der Waals surface area (Å²) in [4.78, 5) is 38.7. The Labute approximate surface area is 217 Å². The number of benzene rings is 1. The van der Waals surface area contributed by atoms with E-state index in [0.717, 1.165) is 5.56 Å². The molecule has 0 aliphatic carbocycles. The van der Waals surface area contributed by atoms with Gasteiger partial charge in [-0.1, -0.05) is 27.7 Å². The van der Waals surface area contributed by atoms with Crippen molar-refractivity contribution in [1.29, 1.82) is 0 Å². The SMILES string of the molecule is COc1ccc(OCC(=O)N[C@@H](CC(C)C)C(=O)N[C@@H](CC(C)C)C(=O)CSCc2ccoc2)cc1. The van der Waals surface area contributed by atoms with Gasteiger partial charge in [-0.3, -0.25) is 14.4 Å². The monoisotopic (exact) mass is 518 g/mol. The highest BCUT2D eigenvalue weighted by atomic mass is 32.2. The molecule has 9 heteroatoms. The normalized spacial score (nSPS) is 12.8. The summed E-state index contributed by atoms with van der Waals surface area (Å²) in [6, 6.07) is 7.37. The first kappa shape index (κ1) is 29.3. The summed E-state index contributed by atoms with van der Waals surface area (Å²) >= 11 is 1.48. The lowest BCUT2D eigenvalue weighted by Gasteiger charge is -2.25. The van der Waals surface area contributed by atoms with Gasteiger partial charge >= 0.3 is 0 Å². The number of Topliss-reactive ketones (excluding diaryl/α,β-unsaturated/α-hetero) is 1. The zero-order valence-electron chi connectivity index (χ0n) is 21.7. The smallest absolute Gasteiger partial charge is 0.258 e. The Bertz CT molecular complexity index is 944. The number of thioether (sulfide) groups is 1. The van der Waals surface area contributed by atoms with Crippen LogP contribution in [0.5, 0.6) is 11.5 Å². The van der Waals surface area contributed by atoms with Crippen molar-refractivity contribution in [3.8, 4) is 11.5 Å². The standard InChI is InChI=1S/C27H38N2O6S/c1-18(2)12-23(25(30)17-36-16-20-10-11-34-14-20)29-27(32)24(13-19(3)4)28-26(31)15-35-22-8-6-21(33-5)7-9-22/h6-11,14,18-19,23-24H,12-13,15-17H2,1-5H3,(H,28,31)(H,29,32)/t23-,24-/m0/s1. The zero-order valence-corrected chi connectivity index (χ0v) is 22.6. The molecule has 2 atom stereocenters. The zero-order chi connectivity index (χ0) is 26.5. The summed E-state index contributed by atoms with van der Waals surface area (Å²) in [6.45, 7) is 7.74. The first-order valence-electron chi connectivity index (χ1n) is 12.2. The molecular weight excluding hydrogens is 480 g/mol. The highest BCUT2D eigenvalue weighted by Gasteiger charge is 2.28. The van der Waals surface area contributed by atoms with E-state index < -0.39 is 18.0 Å². The molecule has 0 unspecified atom stereocenters. The van der Waals surface area contributed by atoms with Gasteiger partial charge in [0, 0.05) is 11.3 Å². The Hall–Kier alpha value is -2.94. The molecule has 0 saturated heterocycles. The summed E-state index contributed by atoms with van der Waals surface area (Å²) < 4.78 is 15.7. The van der Waals surface area contributed by atoms with Crippen LogP contribution in [0.25, 0.3) is 0 Å². The number of ketones is 1. The van der Waals surface area contributed by atoms with Gasteiger partial charge in [0.15, 0.2) is 12.4 Å². The molecule has 0 radical (unpaired) electrons. The molecular formula is C27H38N2O6S. The molecule has 0 bridgehead atoms. The Morgan fingerprint density at radius 2 is 1.56 bits per heavy atom. The van der Waals surface area contributed by atoms with E-state index in [-0.39, 0.29) is 35.9 Å². The van der Waals surface area contributed by atoms with Crippen LogP contribution in [0, 0.1) is 11.8 Å². The van der Waals surface area contributed by atoms with E-state index in [2.05, 4.69) is 10.6 Å². The Kier molecular flexibility index (Phi) is 12.4. The van der Waals surface area contributed by atoms with Crippen molar-refractivity contribution in [2.45, 2.75) is 58.4 Å². The number of nitrogens with one attached hydrogen (secondary N) is 2. The van der Waals surface area contributed by atoms with Crippen LogP contribution in [0.1, 0.15) is 46.1 Å². The molecule has 2 amide bonds. The van der Waals surface area contributed by atoms with E-state index in [9.17, 15) is 14.4 Å². The fourth-order valence-electron chi connectivity index (χ4n) is 3.52. The van der Waals surface area contributed by atoms with E-state index in [1.807, 2.05) is 33.8 Å². The van der Waals surface area contributed by atoms with Crippen LogP contribution >= 0.6 is 11.8 Å². The number of ether oxygens (including phenoxy) is 2. The van der Waals surface area contributed by atoms with Crippen LogP contribution in [-0.2, 0) is 20.1 Å². The van der Waals surface area contributed by atoms with Crippen LogP contribution in [-0.4, -0.2) is 49.2 Å². The van der Waals surface area contributed by atoms with Crippen molar-refractivity contribution in [1.82, 2.24) is 10.6 Å². The number of carbonyl (C=O) groups is 3. The summed E-state index contributed by atoms with van der Waals surface area (Å²) in [6.07, 6.45) is 4.23. The summed E-state index contributed by atoms with van der Waals surface area (Å²) in [5, 5.41) is 5.67. The average molecular weight is 519 g/mol. The van der Waals surface area contributed by atoms with Crippen molar-refractivity contribution in [3.63, 3.8) is 0 Å². The second kappa shape index (κ2) is 15.2. The van der Waals surface area contributed by atoms with Crippen LogP contribution < -0.4 is 20.1 Å². The molecule has 0 aliphatic heterocycles. The largest absolute Gasteiger partial charge is 0.497 e. The summed E-state index contributed by atoms with van der Waals surface area (Å²) in [5.74, 6) is 1.71. The van der Waals surface area contributed by atoms with Crippen LogP contribution in [0.2, 0.25) is 0 Å². The number of furan rings is 1. The van der Waals surface area contributed by atoms with Gasteiger partial charge in [0.25, 0.3) is 5.91 Å². The molecule has 198 valence electrons. The Balaban J connectivity index is 1.94. The maximum Gasteiger partial charge on any atom is 0.258 e. The number of rotatable bonds is 16. The second-order valence-corrected chi connectivity index (χ2v) is 10.5. The third-order valence-corrected chi connectivity index (χ3v) is 6.32. The van der Waals surface area contributed by atoms with E-state index >= 15 is 0 Å². The number of hydrogen-bond donors (Lipinski definition) is 2. The van der Waals surface area contributed by atoms with E-state index in [0.29, 0.717) is 30.1 Å². The average Bonchev–Trinajstić information content (AvgIpc) is 3.35. The van der Waals surface area contributed by atoms with Gasteiger partial charge in [-0.05, 0) is 55.0 Å². The lowest BCUT2D eigenvalue weighted by Crippen LogP contribution is -2.53. The molecule has 0 saturated carbocycles. The van der Waals surface area contributed by atoms with Crippen LogP contribution in [0.3, 0.4) is 0 Å². The van der Waals surface area contributed by atoms with Gasteiger partial charge in [0.2, 0.25) is 5.91 Å². The summed E-state index contributed by atoms with van der Waals surface area (Å²) in [7, 11) is 1.57. The number of hydrogen-bond acceptors (Lipinski definition) is 7. The highest BCUT2D eigenvalue weighted by molar-refractivity contribution is 7.99. The van der Waals surface area contributed by atoms with Gasteiger partial charge in [-0.25, -0.2) is 0 Å². The first-order chi connectivity index (χ1) is 17.2. The molecule has 0 fully saturated rings. The third kappa shape index (κ3) is 10.8. The van der Waals surface area contributed by atoms with Crippen molar-refractivity contribution >= 4 is 29.4 Å². The summed E-state index contributed by atoms with van der Waals surface area (Å²) in [5.41, 5.74) is 1.01. The van der Waals surface area contributed by atoms with Crippen molar-refractivity contribution in [3.05, 3.63) is 48.4 Å². The minimum atomic E-state index is -0.766. The molecule has 1 aromatic carbocycles. The number of carbonyl (C=O) groups excluding carboxylic acids is 3. The highest BCUT2D eigenvalue weighted by Crippen LogP contribution is 2.17. The third-order valence-electron chi connectivity index (χ3n) is 5.29. The van der Waals surface area contributed by atoms with Crippen LogP contribution in [0.15, 0.2) is 47.3 Å². The van der Waals surface area contributed by atoms with Crippen LogP contribution in [0.4, 0.5) is 0 Å². The van der Waals surface area contributed by atoms with E-state index in [4.69, 9.17) is 13.9 Å². The maximum absolute atomic E-state index is 13.2. The van der Waals surface area contributed by atoms with Crippen molar-refractivity contribution in [2.75, 3.05) is 19.5 Å². The molecule has 2 aromatic rings. The van der Waals surface area contributed by atoms with Gasteiger partial charge in [-0.15, -0.1) is 11.8 Å². The van der Waals surface area contributed by atoms with Gasteiger partial charge < -0.3 is 24.5 Å². The van der Waals surface area contributed by atoms with Gasteiger partial charge in [-0.2, -0.15) is 0 Å². The predicted octanol–water partition coefficient (Wildman–Crippen LogP) is 4.23. The minimum Gasteiger partial charge on any atom is -0.497 e. The van der Waals surface area contributed by atoms with Crippen molar-refractivity contribution in [2.24, 2.45) is 11.8 Å². The number of methoxy groups -OCH3 is 1. The fraction of sp³-hybridized carbons (Fsp3) is 0.519. The second-order valence-electron chi connectivity index (χ2n) is 9.50. The Morgan fingerprint density at radius 3 is 2.14 bits per heavy atom. The van der Waals surface area contributed by atoms with E-state index in [1.54, 1.807) is 43.9 Å². The fourth-order valence-corrected chi connectivity index (χ4v) is 4.42. The lowest BCUT2D eigenvalue weighted by atomic mass is 9.98. The molecule has 0 spiro atoms.